The maximum atomic E-state index is 13.9. The van der Waals surface area contributed by atoms with Gasteiger partial charge in [-0.3, -0.25) is 5.32 Å². The highest BCUT2D eigenvalue weighted by molar-refractivity contribution is 5.93. The monoisotopic (exact) mass is 720 g/mol. The minimum Gasteiger partial charge on any atom is -0.497 e. The highest BCUT2D eigenvalue weighted by Crippen LogP contribution is 2.41. The van der Waals surface area contributed by atoms with Crippen molar-refractivity contribution in [3.63, 3.8) is 0 Å². The fourth-order valence-electron chi connectivity index (χ4n) is 6.92. The predicted octanol–water partition coefficient (Wildman–Crippen LogP) is 10.2. The molecule has 4 aromatic rings. The van der Waals surface area contributed by atoms with Crippen LogP contribution in [0.4, 0.5) is 26.7 Å². The molecule has 1 saturated heterocycles. The molecule has 0 saturated carbocycles. The van der Waals surface area contributed by atoms with Crippen molar-refractivity contribution in [2.24, 2.45) is 0 Å². The van der Waals surface area contributed by atoms with Crippen LogP contribution in [0.25, 0.3) is 0 Å². The van der Waals surface area contributed by atoms with E-state index in [0.717, 1.165) is 71.1 Å². The fraction of sp³-hybridized carbons (Fsp3) is 0.409. The van der Waals surface area contributed by atoms with E-state index in [2.05, 4.69) is 84.9 Å². The van der Waals surface area contributed by atoms with E-state index >= 15 is 0 Å². The molecule has 1 aliphatic rings. The van der Waals surface area contributed by atoms with E-state index in [-0.39, 0.29) is 23.3 Å². The first-order valence-electron chi connectivity index (χ1n) is 18.6. The second-order valence-electron chi connectivity index (χ2n) is 15.5. The molecular formula is C44H56N4O5. The third-order valence-corrected chi connectivity index (χ3v) is 9.76. The number of urea groups is 1. The number of benzene rings is 4. The molecule has 5 rings (SSSR count). The van der Waals surface area contributed by atoms with Crippen molar-refractivity contribution in [3.05, 3.63) is 113 Å². The summed E-state index contributed by atoms with van der Waals surface area (Å²) in [6.45, 7) is 16.3. The zero-order valence-corrected chi connectivity index (χ0v) is 32.5. The number of nitrogens with zero attached hydrogens (tertiary/aromatic N) is 1. The summed E-state index contributed by atoms with van der Waals surface area (Å²) in [6.07, 6.45) is 1.11. The van der Waals surface area contributed by atoms with Crippen LogP contribution in [0, 0.1) is 0 Å². The van der Waals surface area contributed by atoms with Crippen molar-refractivity contribution in [2.75, 3.05) is 42.3 Å². The van der Waals surface area contributed by atoms with Crippen molar-refractivity contribution in [3.8, 4) is 11.5 Å². The highest BCUT2D eigenvalue weighted by atomic mass is 16.6. The van der Waals surface area contributed by atoms with Gasteiger partial charge in [0, 0.05) is 36.4 Å². The molecule has 3 amide bonds. The average Bonchev–Trinajstić information content (AvgIpc) is 3.13. The van der Waals surface area contributed by atoms with E-state index in [0.29, 0.717) is 18.8 Å². The Labute approximate surface area is 315 Å². The Morgan fingerprint density at radius 3 is 2.08 bits per heavy atom. The summed E-state index contributed by atoms with van der Waals surface area (Å²) in [6, 6.07) is 30.2. The number of hydrogen-bond acceptors (Lipinski definition) is 6. The van der Waals surface area contributed by atoms with Crippen LogP contribution in [0.1, 0.15) is 95.4 Å². The number of anilines is 3. The van der Waals surface area contributed by atoms with Gasteiger partial charge in [-0.15, -0.1) is 0 Å². The van der Waals surface area contributed by atoms with E-state index < -0.39 is 11.7 Å². The van der Waals surface area contributed by atoms with Gasteiger partial charge in [-0.1, -0.05) is 82.3 Å². The van der Waals surface area contributed by atoms with Crippen LogP contribution in [0.2, 0.25) is 0 Å². The average molecular weight is 721 g/mol. The molecule has 53 heavy (non-hydrogen) atoms. The number of piperidine rings is 1. The summed E-state index contributed by atoms with van der Waals surface area (Å²) in [5, 5.41) is 9.37. The number of carbonyl (C=O) groups excluding carboxylic acids is 2. The van der Waals surface area contributed by atoms with Crippen LogP contribution in [0.3, 0.4) is 0 Å². The molecule has 0 aliphatic carbocycles. The number of ether oxygens (including phenoxy) is 3. The van der Waals surface area contributed by atoms with Gasteiger partial charge in [-0.25, -0.2) is 9.59 Å². The first-order valence-corrected chi connectivity index (χ1v) is 18.6. The van der Waals surface area contributed by atoms with E-state index in [1.54, 1.807) is 7.11 Å². The summed E-state index contributed by atoms with van der Waals surface area (Å²) < 4.78 is 17.5. The van der Waals surface area contributed by atoms with Crippen molar-refractivity contribution in [1.82, 2.24) is 5.32 Å². The molecule has 3 N–H and O–H groups in total. The lowest BCUT2D eigenvalue weighted by molar-refractivity contribution is 0.0636. The number of nitrogens with one attached hydrogen (secondary N) is 3. The second-order valence-corrected chi connectivity index (χ2v) is 15.5. The minimum atomic E-state index is -0.619. The van der Waals surface area contributed by atoms with Crippen LogP contribution in [0.15, 0.2) is 91.0 Å². The molecule has 9 heteroatoms. The van der Waals surface area contributed by atoms with Crippen LogP contribution in [0.5, 0.6) is 11.5 Å². The lowest BCUT2D eigenvalue weighted by atomic mass is 9.72. The molecule has 1 fully saturated rings. The molecule has 0 spiro atoms. The fourth-order valence-corrected chi connectivity index (χ4v) is 6.92. The largest absolute Gasteiger partial charge is 0.497 e. The maximum absolute atomic E-state index is 13.9. The quantitative estimate of drug-likeness (QED) is 0.135. The van der Waals surface area contributed by atoms with Gasteiger partial charge in [0.15, 0.2) is 0 Å². The molecule has 1 aliphatic heterocycles. The highest BCUT2D eigenvalue weighted by Gasteiger charge is 2.38. The van der Waals surface area contributed by atoms with E-state index in [1.165, 1.54) is 0 Å². The lowest BCUT2D eigenvalue weighted by Gasteiger charge is -2.43. The number of hydrogen-bond donors (Lipinski definition) is 3. The number of amides is 3. The van der Waals surface area contributed by atoms with Gasteiger partial charge in [0.1, 0.15) is 23.7 Å². The third-order valence-electron chi connectivity index (χ3n) is 9.76. The van der Waals surface area contributed by atoms with Gasteiger partial charge in [0.25, 0.3) is 0 Å². The van der Waals surface area contributed by atoms with Gasteiger partial charge in [0.05, 0.1) is 12.8 Å². The van der Waals surface area contributed by atoms with Crippen LogP contribution in [-0.2, 0) is 16.8 Å². The van der Waals surface area contributed by atoms with Crippen LogP contribution < -0.4 is 30.3 Å². The Balaban J connectivity index is 1.35. The first kappa shape index (κ1) is 39.0. The molecular weight excluding hydrogens is 665 g/mol. The van der Waals surface area contributed by atoms with E-state index in [9.17, 15) is 9.59 Å². The molecule has 0 bridgehead atoms. The lowest BCUT2D eigenvalue weighted by Crippen LogP contribution is -2.49. The van der Waals surface area contributed by atoms with Crippen molar-refractivity contribution in [1.29, 1.82) is 0 Å². The molecule has 9 nitrogen and oxygen atoms in total. The standard InChI is InChI=1S/C44H56N4O5/c1-30(2)36-26-34(46-42(50)53-43(5,6)7)27-37(31(3)4)40(36)47-41(49)45-29-44(33-17-14-18-35(25-33)51-8)21-23-48(24-22-44)38-19-12-13-20-39(38)52-28-32-15-10-9-11-16-32/h9-20,25-27,30-31H,21-24,28-29H2,1-8H3,(H,46,50)(H2,45,47,49). The van der Waals surface area contributed by atoms with Gasteiger partial charge in [0.2, 0.25) is 0 Å². The Bertz CT molecular complexity index is 1810. The van der Waals surface area contributed by atoms with E-state index in [1.807, 2.05) is 75.4 Å². The summed E-state index contributed by atoms with van der Waals surface area (Å²) in [5.41, 5.74) is 5.64. The topological polar surface area (TPSA) is 101 Å². The first-order chi connectivity index (χ1) is 25.3. The molecule has 0 radical (unpaired) electrons. The van der Waals surface area contributed by atoms with Gasteiger partial charge < -0.3 is 29.7 Å². The smallest absolute Gasteiger partial charge is 0.412 e. The molecule has 0 atom stereocenters. The molecule has 0 unspecified atom stereocenters. The van der Waals surface area contributed by atoms with Crippen molar-refractivity contribution < 1.29 is 23.8 Å². The van der Waals surface area contributed by atoms with Gasteiger partial charge in [-0.2, -0.15) is 0 Å². The zero-order valence-electron chi connectivity index (χ0n) is 32.5. The van der Waals surface area contributed by atoms with Crippen LogP contribution >= 0.6 is 0 Å². The molecule has 1 heterocycles. The number of para-hydroxylation sites is 2. The van der Waals surface area contributed by atoms with Crippen molar-refractivity contribution >= 4 is 29.2 Å². The zero-order chi connectivity index (χ0) is 38.2. The Morgan fingerprint density at radius 2 is 1.45 bits per heavy atom. The summed E-state index contributed by atoms with van der Waals surface area (Å²) in [5.74, 6) is 1.80. The Hall–Kier alpha value is -5.18. The van der Waals surface area contributed by atoms with Gasteiger partial charge in [-0.05, 0) is 104 Å². The number of carbonyl (C=O) groups is 2. The SMILES string of the molecule is COc1cccc(C2(CNC(=O)Nc3c(C(C)C)cc(NC(=O)OC(C)(C)C)cc3C(C)C)CCN(c3ccccc3OCc3ccccc3)CC2)c1. The Kier molecular flexibility index (Phi) is 12.6. The third kappa shape index (κ3) is 10.2. The Morgan fingerprint density at radius 1 is 0.811 bits per heavy atom. The predicted molar refractivity (Wildman–Crippen MR) is 215 cm³/mol. The van der Waals surface area contributed by atoms with Gasteiger partial charge >= 0.3 is 12.1 Å². The second kappa shape index (κ2) is 17.1. The molecule has 282 valence electrons. The van der Waals surface area contributed by atoms with Crippen LogP contribution in [-0.4, -0.2) is 44.5 Å². The summed E-state index contributed by atoms with van der Waals surface area (Å²) in [4.78, 5) is 28.9. The number of methoxy groups -OCH3 is 1. The summed E-state index contributed by atoms with van der Waals surface area (Å²) in [7, 11) is 1.68. The van der Waals surface area contributed by atoms with Crippen molar-refractivity contribution in [2.45, 2.75) is 90.8 Å². The normalized spacial score (nSPS) is 14.1. The maximum Gasteiger partial charge on any atom is 0.412 e. The minimum absolute atomic E-state index is 0.0789. The summed E-state index contributed by atoms with van der Waals surface area (Å²) >= 11 is 0. The number of rotatable bonds is 12. The molecule has 0 aromatic heterocycles. The van der Waals surface area contributed by atoms with E-state index in [4.69, 9.17) is 14.2 Å². The molecule has 4 aromatic carbocycles.